The smallest absolute Gasteiger partial charge is 0.311 e. The molecule has 0 unspecified atom stereocenters. The van der Waals surface area contributed by atoms with Gasteiger partial charge in [-0.05, 0) is 42.5 Å². The van der Waals surface area contributed by atoms with Gasteiger partial charge in [0.1, 0.15) is 5.75 Å². The summed E-state index contributed by atoms with van der Waals surface area (Å²) in [7, 11) is 2.99. The van der Waals surface area contributed by atoms with E-state index in [9.17, 15) is 10.1 Å². The monoisotopic (exact) mass is 352 g/mol. The quantitative estimate of drug-likeness (QED) is 0.532. The summed E-state index contributed by atoms with van der Waals surface area (Å²) in [5.41, 5.74) is 1.83. The first kappa shape index (κ1) is 17.2. The maximum Gasteiger partial charge on any atom is 0.311 e. The lowest BCUT2D eigenvalue weighted by atomic mass is 10.1. The Kier molecular flexibility index (Phi) is 4.93. The number of nitrogens with one attached hydrogen (secondary N) is 1. The third kappa shape index (κ3) is 3.69. The van der Waals surface area contributed by atoms with Crippen LogP contribution in [0.2, 0.25) is 0 Å². The number of nitrogens with zero attached hydrogens (tertiary/aromatic N) is 3. The van der Waals surface area contributed by atoms with Gasteiger partial charge in [-0.25, -0.2) is 9.97 Å². The van der Waals surface area contributed by atoms with Gasteiger partial charge in [-0.2, -0.15) is 0 Å². The van der Waals surface area contributed by atoms with Crippen LogP contribution in [0.25, 0.3) is 11.3 Å². The van der Waals surface area contributed by atoms with Crippen molar-refractivity contribution in [2.45, 2.75) is 0 Å². The van der Waals surface area contributed by atoms with E-state index < -0.39 is 4.92 Å². The Labute approximate surface area is 149 Å². The lowest BCUT2D eigenvalue weighted by molar-refractivity contribution is -0.385. The fourth-order valence-electron chi connectivity index (χ4n) is 2.38. The molecule has 0 saturated heterocycles. The van der Waals surface area contributed by atoms with Crippen molar-refractivity contribution in [1.29, 1.82) is 0 Å². The number of rotatable bonds is 6. The van der Waals surface area contributed by atoms with Gasteiger partial charge in [0, 0.05) is 23.5 Å². The molecule has 0 aliphatic rings. The van der Waals surface area contributed by atoms with Crippen molar-refractivity contribution in [3.8, 4) is 22.8 Å². The highest BCUT2D eigenvalue weighted by molar-refractivity contribution is 5.67. The Hall–Kier alpha value is -3.68. The summed E-state index contributed by atoms with van der Waals surface area (Å²) >= 11 is 0. The second-order valence-electron chi connectivity index (χ2n) is 5.26. The zero-order chi connectivity index (χ0) is 18.5. The first-order chi connectivity index (χ1) is 12.6. The zero-order valence-electron chi connectivity index (χ0n) is 14.2. The molecule has 1 heterocycles. The van der Waals surface area contributed by atoms with Crippen LogP contribution < -0.4 is 14.8 Å². The van der Waals surface area contributed by atoms with E-state index in [1.54, 1.807) is 31.5 Å². The summed E-state index contributed by atoms with van der Waals surface area (Å²) in [6.45, 7) is 0. The van der Waals surface area contributed by atoms with E-state index in [0.29, 0.717) is 17.2 Å². The van der Waals surface area contributed by atoms with Gasteiger partial charge in [-0.15, -0.1) is 0 Å². The molecule has 26 heavy (non-hydrogen) atoms. The minimum absolute atomic E-state index is 0.117. The van der Waals surface area contributed by atoms with Crippen LogP contribution in [0.3, 0.4) is 0 Å². The number of hydrogen-bond acceptors (Lipinski definition) is 7. The van der Waals surface area contributed by atoms with Crippen LogP contribution in [-0.2, 0) is 0 Å². The molecule has 1 aromatic heterocycles. The molecule has 2 aromatic carbocycles. The highest BCUT2D eigenvalue weighted by Crippen LogP contribution is 2.31. The summed E-state index contributed by atoms with van der Waals surface area (Å²) in [4.78, 5) is 19.3. The first-order valence-electron chi connectivity index (χ1n) is 7.67. The molecule has 132 valence electrons. The van der Waals surface area contributed by atoms with E-state index in [1.165, 1.54) is 13.2 Å². The van der Waals surface area contributed by atoms with E-state index in [4.69, 9.17) is 9.47 Å². The molecule has 0 bridgehead atoms. The standard InChI is InChI=1S/C18H16N4O4/c1-25-14-6-4-13(5-7-14)20-18-19-10-9-15(21-18)12-3-8-17(26-2)16(11-12)22(23)24/h3-11H,1-2H3,(H,19,20,21). The van der Waals surface area contributed by atoms with Crippen molar-refractivity contribution in [3.63, 3.8) is 0 Å². The number of aromatic nitrogens is 2. The van der Waals surface area contributed by atoms with Crippen LogP contribution in [0.5, 0.6) is 11.5 Å². The Morgan fingerprint density at radius 2 is 1.81 bits per heavy atom. The van der Waals surface area contributed by atoms with Crippen molar-refractivity contribution in [1.82, 2.24) is 9.97 Å². The van der Waals surface area contributed by atoms with Gasteiger partial charge in [-0.1, -0.05) is 0 Å². The molecule has 3 aromatic rings. The predicted molar refractivity (Wildman–Crippen MR) is 97.0 cm³/mol. The SMILES string of the molecule is COc1ccc(Nc2nccc(-c3ccc(OC)c([N+](=O)[O-])c3)n2)cc1. The largest absolute Gasteiger partial charge is 0.497 e. The number of methoxy groups -OCH3 is 2. The van der Waals surface area contributed by atoms with E-state index in [0.717, 1.165) is 11.4 Å². The molecule has 0 aliphatic carbocycles. The highest BCUT2D eigenvalue weighted by atomic mass is 16.6. The topological polar surface area (TPSA) is 99.4 Å². The summed E-state index contributed by atoms with van der Waals surface area (Å²) < 4.78 is 10.1. The molecular weight excluding hydrogens is 336 g/mol. The maximum atomic E-state index is 11.2. The molecular formula is C18H16N4O4. The molecule has 8 heteroatoms. The second-order valence-corrected chi connectivity index (χ2v) is 5.26. The summed E-state index contributed by atoms with van der Waals surface area (Å²) in [6, 6.07) is 13.7. The fraction of sp³-hybridized carbons (Fsp3) is 0.111. The number of anilines is 2. The lowest BCUT2D eigenvalue weighted by Gasteiger charge is -2.08. The highest BCUT2D eigenvalue weighted by Gasteiger charge is 2.16. The number of hydrogen-bond donors (Lipinski definition) is 1. The van der Waals surface area contributed by atoms with Gasteiger partial charge >= 0.3 is 5.69 Å². The average molecular weight is 352 g/mol. The predicted octanol–water partition coefficient (Wildman–Crippen LogP) is 3.81. The lowest BCUT2D eigenvalue weighted by Crippen LogP contribution is -1.99. The van der Waals surface area contributed by atoms with Crippen molar-refractivity contribution >= 4 is 17.3 Å². The first-order valence-corrected chi connectivity index (χ1v) is 7.67. The molecule has 8 nitrogen and oxygen atoms in total. The van der Waals surface area contributed by atoms with Crippen LogP contribution in [-0.4, -0.2) is 29.1 Å². The fourth-order valence-corrected chi connectivity index (χ4v) is 2.38. The summed E-state index contributed by atoms with van der Waals surface area (Å²) in [5, 5.41) is 14.3. The number of benzene rings is 2. The Morgan fingerprint density at radius 3 is 2.46 bits per heavy atom. The molecule has 3 rings (SSSR count). The van der Waals surface area contributed by atoms with Crippen LogP contribution in [0.4, 0.5) is 17.3 Å². The Bertz CT molecular complexity index is 929. The average Bonchev–Trinajstić information content (AvgIpc) is 2.68. The summed E-state index contributed by atoms with van der Waals surface area (Å²) in [6.07, 6.45) is 1.59. The molecule has 0 atom stereocenters. The minimum atomic E-state index is -0.486. The number of ether oxygens (including phenoxy) is 2. The van der Waals surface area contributed by atoms with Crippen molar-refractivity contribution in [2.75, 3.05) is 19.5 Å². The van der Waals surface area contributed by atoms with E-state index >= 15 is 0 Å². The van der Waals surface area contributed by atoms with Gasteiger partial charge in [-0.3, -0.25) is 10.1 Å². The van der Waals surface area contributed by atoms with Gasteiger partial charge in [0.25, 0.3) is 0 Å². The van der Waals surface area contributed by atoms with Gasteiger partial charge < -0.3 is 14.8 Å². The molecule has 1 N–H and O–H groups in total. The van der Waals surface area contributed by atoms with Gasteiger partial charge in [0.2, 0.25) is 5.95 Å². The van der Waals surface area contributed by atoms with Crippen LogP contribution in [0, 0.1) is 10.1 Å². The molecule has 0 fully saturated rings. The molecule has 0 radical (unpaired) electrons. The zero-order valence-corrected chi connectivity index (χ0v) is 14.2. The second kappa shape index (κ2) is 7.47. The molecule has 0 amide bonds. The van der Waals surface area contributed by atoms with Gasteiger partial charge in [0.15, 0.2) is 5.75 Å². The van der Waals surface area contributed by atoms with Crippen LogP contribution in [0.1, 0.15) is 0 Å². The maximum absolute atomic E-state index is 11.2. The third-order valence-corrected chi connectivity index (χ3v) is 3.67. The van der Waals surface area contributed by atoms with Gasteiger partial charge in [0.05, 0.1) is 24.8 Å². The minimum Gasteiger partial charge on any atom is -0.497 e. The van der Waals surface area contributed by atoms with E-state index in [-0.39, 0.29) is 11.4 Å². The molecule has 0 aliphatic heterocycles. The molecule has 0 spiro atoms. The van der Waals surface area contributed by atoms with E-state index in [2.05, 4.69) is 15.3 Å². The van der Waals surface area contributed by atoms with Crippen molar-refractivity contribution < 1.29 is 14.4 Å². The molecule has 0 saturated carbocycles. The number of nitro benzene ring substituents is 1. The Morgan fingerprint density at radius 1 is 1.04 bits per heavy atom. The third-order valence-electron chi connectivity index (χ3n) is 3.67. The van der Waals surface area contributed by atoms with Crippen LogP contribution in [0.15, 0.2) is 54.7 Å². The summed E-state index contributed by atoms with van der Waals surface area (Å²) in [5.74, 6) is 1.33. The number of nitro groups is 1. The Balaban J connectivity index is 1.89. The normalized spacial score (nSPS) is 10.2. The van der Waals surface area contributed by atoms with E-state index in [1.807, 2.05) is 24.3 Å². The van der Waals surface area contributed by atoms with Crippen molar-refractivity contribution in [3.05, 3.63) is 64.8 Å². The van der Waals surface area contributed by atoms with Crippen molar-refractivity contribution in [2.24, 2.45) is 0 Å². The van der Waals surface area contributed by atoms with Crippen LogP contribution >= 0.6 is 0 Å².